The molecule has 0 atom stereocenters. The number of aromatic nitrogens is 4. The van der Waals surface area contributed by atoms with Crippen molar-refractivity contribution in [1.29, 1.82) is 0 Å². The predicted octanol–water partition coefficient (Wildman–Crippen LogP) is 1.48. The zero-order chi connectivity index (χ0) is 19.1. The van der Waals surface area contributed by atoms with Crippen molar-refractivity contribution in [2.24, 2.45) is 0 Å². The number of imide groups is 1. The van der Waals surface area contributed by atoms with E-state index in [2.05, 4.69) is 15.5 Å². The number of amides is 2. The summed E-state index contributed by atoms with van der Waals surface area (Å²) in [4.78, 5) is 41.5. The van der Waals surface area contributed by atoms with Crippen LogP contribution in [0.5, 0.6) is 0 Å². The highest BCUT2D eigenvalue weighted by molar-refractivity contribution is 6.21. The van der Waals surface area contributed by atoms with E-state index in [1.54, 1.807) is 19.1 Å². The van der Waals surface area contributed by atoms with Gasteiger partial charge in [-0.25, -0.2) is 9.18 Å². The van der Waals surface area contributed by atoms with Crippen LogP contribution in [0, 0.1) is 12.7 Å². The van der Waals surface area contributed by atoms with E-state index in [0.29, 0.717) is 16.6 Å². The summed E-state index contributed by atoms with van der Waals surface area (Å²) in [7, 11) is 0. The quantitative estimate of drug-likeness (QED) is 0.645. The molecule has 4 rings (SSSR count). The van der Waals surface area contributed by atoms with E-state index < -0.39 is 29.2 Å². The summed E-state index contributed by atoms with van der Waals surface area (Å²) in [6.07, 6.45) is 0. The van der Waals surface area contributed by atoms with Crippen molar-refractivity contribution in [3.8, 4) is 5.69 Å². The fraction of sp³-hybridized carbons (Fsp3) is 0.0588. The maximum absolute atomic E-state index is 14.4. The van der Waals surface area contributed by atoms with Gasteiger partial charge in [-0.2, -0.15) is 4.68 Å². The second kappa shape index (κ2) is 6.09. The first-order chi connectivity index (χ1) is 13.0. The summed E-state index contributed by atoms with van der Waals surface area (Å²) in [5.74, 6) is -3.24. The molecular weight excluding hydrogens is 357 g/mol. The van der Waals surface area contributed by atoms with E-state index in [9.17, 15) is 18.8 Å². The highest BCUT2D eigenvalue weighted by atomic mass is 19.1. The molecule has 2 aromatic carbocycles. The molecule has 0 unspecified atom stereocenters. The first-order valence-electron chi connectivity index (χ1n) is 7.72. The van der Waals surface area contributed by atoms with Gasteiger partial charge in [0.2, 0.25) is 0 Å². The van der Waals surface area contributed by atoms with Gasteiger partial charge in [0.15, 0.2) is 5.82 Å². The zero-order valence-corrected chi connectivity index (χ0v) is 13.8. The molecule has 3 aromatic rings. The van der Waals surface area contributed by atoms with E-state index in [1.165, 1.54) is 22.9 Å². The second-order valence-corrected chi connectivity index (χ2v) is 5.63. The Bertz CT molecular complexity index is 1080. The molecule has 134 valence electrons. The van der Waals surface area contributed by atoms with Crippen LogP contribution in [-0.4, -0.2) is 43.1 Å². The normalized spacial score (nSPS) is 13.0. The Balaban J connectivity index is 1.59. The molecule has 0 saturated carbocycles. The van der Waals surface area contributed by atoms with E-state index in [-0.39, 0.29) is 11.1 Å². The minimum absolute atomic E-state index is 0.111. The number of hydrogen-bond acceptors (Lipinski definition) is 7. The zero-order valence-electron chi connectivity index (χ0n) is 13.8. The minimum atomic E-state index is -1.18. The van der Waals surface area contributed by atoms with Crippen molar-refractivity contribution in [2.45, 2.75) is 6.92 Å². The molecule has 1 aliphatic heterocycles. The van der Waals surface area contributed by atoms with Gasteiger partial charge in [-0.3, -0.25) is 9.59 Å². The molecule has 1 aromatic heterocycles. The van der Waals surface area contributed by atoms with Crippen LogP contribution >= 0.6 is 0 Å². The van der Waals surface area contributed by atoms with E-state index in [4.69, 9.17) is 4.84 Å². The lowest BCUT2D eigenvalue weighted by Gasteiger charge is -2.13. The lowest BCUT2D eigenvalue weighted by Crippen LogP contribution is -2.33. The molecule has 10 heteroatoms. The maximum Gasteiger partial charge on any atom is 0.366 e. The molecular formula is C17H10FN5O4. The molecule has 1 aliphatic rings. The monoisotopic (exact) mass is 367 g/mol. The maximum atomic E-state index is 14.4. The number of hydrogen-bond donors (Lipinski definition) is 0. The molecule has 2 amide bonds. The van der Waals surface area contributed by atoms with Gasteiger partial charge in [-0.1, -0.05) is 17.2 Å². The number of nitrogens with zero attached hydrogens (tertiary/aromatic N) is 5. The SMILES string of the molecule is Cc1nnnn1-c1ccc(C(=O)ON2C(=O)c3ccccc3C2=O)c(F)c1. The van der Waals surface area contributed by atoms with Gasteiger partial charge in [0.1, 0.15) is 5.82 Å². The fourth-order valence-corrected chi connectivity index (χ4v) is 2.65. The highest BCUT2D eigenvalue weighted by Gasteiger charge is 2.39. The Hall–Kier alpha value is -3.95. The summed E-state index contributed by atoms with van der Waals surface area (Å²) in [6, 6.07) is 9.64. The molecule has 0 N–H and O–H groups in total. The van der Waals surface area contributed by atoms with Crippen LogP contribution < -0.4 is 0 Å². The molecule has 0 spiro atoms. The Morgan fingerprint density at radius 1 is 1.07 bits per heavy atom. The van der Waals surface area contributed by atoms with Gasteiger partial charge in [-0.15, -0.1) is 5.10 Å². The minimum Gasteiger partial charge on any atom is -0.324 e. The van der Waals surface area contributed by atoms with E-state index in [1.807, 2.05) is 0 Å². The van der Waals surface area contributed by atoms with Crippen molar-refractivity contribution in [3.63, 3.8) is 0 Å². The standard InChI is InChI=1S/C17H10FN5O4/c1-9-19-20-21-22(9)10-6-7-13(14(18)8-10)17(26)27-23-15(24)11-4-2-3-5-12(11)16(23)25/h2-8H,1H3. The van der Waals surface area contributed by atoms with Gasteiger partial charge in [0, 0.05) is 6.07 Å². The first-order valence-corrected chi connectivity index (χ1v) is 7.72. The molecule has 9 nitrogen and oxygen atoms in total. The molecule has 0 bridgehead atoms. The number of halogens is 1. The van der Waals surface area contributed by atoms with Crippen LogP contribution in [0.3, 0.4) is 0 Å². The molecule has 0 fully saturated rings. The van der Waals surface area contributed by atoms with Crippen LogP contribution in [0.4, 0.5) is 4.39 Å². The number of hydroxylamine groups is 2. The molecule has 0 aliphatic carbocycles. The van der Waals surface area contributed by atoms with E-state index >= 15 is 0 Å². The summed E-state index contributed by atoms with van der Waals surface area (Å²) in [5.41, 5.74) is 0.0777. The second-order valence-electron chi connectivity index (χ2n) is 5.63. The van der Waals surface area contributed by atoms with Crippen LogP contribution in [0.15, 0.2) is 42.5 Å². The van der Waals surface area contributed by atoms with Crippen LogP contribution in [0.25, 0.3) is 5.69 Å². The summed E-state index contributed by atoms with van der Waals surface area (Å²) in [5, 5.41) is 11.2. The lowest BCUT2D eigenvalue weighted by atomic mass is 10.1. The Labute approximate surface area is 150 Å². The van der Waals surface area contributed by atoms with Crippen molar-refractivity contribution < 1.29 is 23.6 Å². The van der Waals surface area contributed by atoms with Crippen LogP contribution in [0.1, 0.15) is 36.9 Å². The number of aryl methyl sites for hydroxylation is 1. The number of rotatable bonds is 3. The Kier molecular flexibility index (Phi) is 3.73. The summed E-state index contributed by atoms with van der Waals surface area (Å²) >= 11 is 0. The third-order valence-corrected chi connectivity index (χ3v) is 3.97. The third-order valence-electron chi connectivity index (χ3n) is 3.97. The average molecular weight is 367 g/mol. The van der Waals surface area contributed by atoms with Gasteiger partial charge in [0.05, 0.1) is 22.4 Å². The van der Waals surface area contributed by atoms with Gasteiger partial charge in [-0.05, 0) is 41.6 Å². The first kappa shape index (κ1) is 16.5. The topological polar surface area (TPSA) is 107 Å². The van der Waals surface area contributed by atoms with Crippen LogP contribution in [-0.2, 0) is 4.84 Å². The fourth-order valence-electron chi connectivity index (χ4n) is 2.65. The Morgan fingerprint density at radius 3 is 2.30 bits per heavy atom. The summed E-state index contributed by atoms with van der Waals surface area (Å²) in [6.45, 7) is 1.63. The smallest absolute Gasteiger partial charge is 0.324 e. The van der Waals surface area contributed by atoms with E-state index in [0.717, 1.165) is 12.1 Å². The number of carbonyl (C=O) groups is 3. The number of tetrazole rings is 1. The number of carbonyl (C=O) groups excluding carboxylic acids is 3. The third kappa shape index (κ3) is 2.63. The molecule has 27 heavy (non-hydrogen) atoms. The average Bonchev–Trinajstić information content (AvgIpc) is 3.19. The molecule has 0 radical (unpaired) electrons. The van der Waals surface area contributed by atoms with Gasteiger partial charge >= 0.3 is 5.97 Å². The molecule has 0 saturated heterocycles. The van der Waals surface area contributed by atoms with Crippen molar-refractivity contribution in [2.75, 3.05) is 0 Å². The largest absolute Gasteiger partial charge is 0.366 e. The van der Waals surface area contributed by atoms with Crippen molar-refractivity contribution in [3.05, 3.63) is 70.8 Å². The molecule has 2 heterocycles. The number of benzene rings is 2. The van der Waals surface area contributed by atoms with Crippen molar-refractivity contribution >= 4 is 17.8 Å². The summed E-state index contributed by atoms with van der Waals surface area (Å²) < 4.78 is 15.7. The highest BCUT2D eigenvalue weighted by Crippen LogP contribution is 2.24. The number of fused-ring (bicyclic) bond motifs is 1. The Morgan fingerprint density at radius 2 is 1.74 bits per heavy atom. The predicted molar refractivity (Wildman–Crippen MR) is 86.2 cm³/mol. The van der Waals surface area contributed by atoms with Crippen LogP contribution in [0.2, 0.25) is 0 Å². The van der Waals surface area contributed by atoms with Gasteiger partial charge in [0.25, 0.3) is 11.8 Å². The van der Waals surface area contributed by atoms with Gasteiger partial charge < -0.3 is 4.84 Å². The lowest BCUT2D eigenvalue weighted by molar-refractivity contribution is -0.0587. The van der Waals surface area contributed by atoms with Crippen molar-refractivity contribution in [1.82, 2.24) is 25.3 Å².